The number of amides is 3. The van der Waals surface area contributed by atoms with Gasteiger partial charge < -0.3 is 10.6 Å². The predicted octanol–water partition coefficient (Wildman–Crippen LogP) is 1.60. The topological polar surface area (TPSA) is 105 Å². The number of ketones is 1. The third-order valence-electron chi connectivity index (χ3n) is 3.38. The highest BCUT2D eigenvalue weighted by Gasteiger charge is 2.30. The van der Waals surface area contributed by atoms with E-state index in [-0.39, 0.29) is 28.5 Å². The van der Waals surface area contributed by atoms with Crippen LogP contribution >= 0.6 is 11.8 Å². The van der Waals surface area contributed by atoms with Gasteiger partial charge in [-0.1, -0.05) is 18.7 Å². The van der Waals surface area contributed by atoms with Crippen LogP contribution in [0, 0.1) is 5.92 Å². The van der Waals surface area contributed by atoms with E-state index in [9.17, 15) is 19.2 Å². The number of hydrogen-bond acceptors (Lipinski definition) is 5. The second kappa shape index (κ2) is 7.87. The fourth-order valence-electron chi connectivity index (χ4n) is 2.06. The summed E-state index contributed by atoms with van der Waals surface area (Å²) in [5, 5.41) is 5.32. The van der Waals surface area contributed by atoms with Crippen molar-refractivity contribution in [2.24, 2.45) is 10.9 Å². The molecule has 1 atom stereocenters. The normalized spacial score (nSPS) is 17.1. The second-order valence-electron chi connectivity index (χ2n) is 5.18. The molecule has 0 saturated heterocycles. The molecule has 24 heavy (non-hydrogen) atoms. The van der Waals surface area contributed by atoms with Gasteiger partial charge in [-0.2, -0.15) is 4.99 Å². The van der Waals surface area contributed by atoms with Crippen LogP contribution in [0.2, 0.25) is 0 Å². The summed E-state index contributed by atoms with van der Waals surface area (Å²) in [4.78, 5) is 50.3. The van der Waals surface area contributed by atoms with Crippen LogP contribution in [0.5, 0.6) is 0 Å². The van der Waals surface area contributed by atoms with Gasteiger partial charge >= 0.3 is 0 Å². The predicted molar refractivity (Wildman–Crippen MR) is 91.9 cm³/mol. The molecule has 126 valence electrons. The Hall–Kier alpha value is -2.48. The molecule has 8 heteroatoms. The average Bonchev–Trinajstić information content (AvgIpc) is 2.53. The zero-order valence-corrected chi connectivity index (χ0v) is 14.1. The smallest absolute Gasteiger partial charge is 0.260 e. The number of hydrogen-bond donors (Lipinski definition) is 2. The van der Waals surface area contributed by atoms with E-state index in [1.165, 1.54) is 6.92 Å². The van der Waals surface area contributed by atoms with Crippen LogP contribution in [0.4, 0.5) is 5.69 Å². The fraction of sp³-hybridized carbons (Fsp3) is 0.312. The van der Waals surface area contributed by atoms with Crippen molar-refractivity contribution in [3.63, 3.8) is 0 Å². The van der Waals surface area contributed by atoms with Crippen molar-refractivity contribution in [1.29, 1.82) is 0 Å². The molecule has 1 aliphatic rings. The van der Waals surface area contributed by atoms with Crippen molar-refractivity contribution in [2.75, 3.05) is 11.1 Å². The summed E-state index contributed by atoms with van der Waals surface area (Å²) < 4.78 is 0. The van der Waals surface area contributed by atoms with E-state index in [0.29, 0.717) is 17.7 Å². The second-order valence-corrected chi connectivity index (χ2v) is 6.14. The van der Waals surface area contributed by atoms with Crippen molar-refractivity contribution in [3.8, 4) is 0 Å². The SMILES string of the molecule is CCC1C(=O)N=C(SCC(=O)Nc2ccc(C(C)=O)cc2)NC1=O. The lowest BCUT2D eigenvalue weighted by atomic mass is 10.0. The number of carbonyl (C=O) groups is 4. The standard InChI is InChI=1S/C16H17N3O4S/c1-3-12-14(22)18-16(19-15(12)23)24-8-13(21)17-11-6-4-10(5-7-11)9(2)20/h4-7,12H,3,8H2,1-2H3,(H,17,21)(H,18,19,22,23). The van der Waals surface area contributed by atoms with Gasteiger partial charge in [-0.05, 0) is 37.6 Å². The van der Waals surface area contributed by atoms with Gasteiger partial charge in [-0.25, -0.2) is 0 Å². The van der Waals surface area contributed by atoms with E-state index in [1.807, 2.05) is 0 Å². The van der Waals surface area contributed by atoms with Crippen molar-refractivity contribution in [1.82, 2.24) is 5.32 Å². The van der Waals surface area contributed by atoms with Crippen LogP contribution in [0.3, 0.4) is 0 Å². The molecule has 0 aromatic heterocycles. The largest absolute Gasteiger partial charge is 0.325 e. The Bertz CT molecular complexity index is 713. The quantitative estimate of drug-likeness (QED) is 0.622. The van der Waals surface area contributed by atoms with Gasteiger partial charge in [-0.3, -0.25) is 19.2 Å². The molecule has 1 aliphatic heterocycles. The molecular formula is C16H17N3O4S. The summed E-state index contributed by atoms with van der Waals surface area (Å²) in [6.45, 7) is 3.20. The molecule has 1 unspecified atom stereocenters. The number of rotatable bonds is 5. The van der Waals surface area contributed by atoms with Gasteiger partial charge in [0.1, 0.15) is 5.92 Å². The van der Waals surface area contributed by atoms with Gasteiger partial charge in [-0.15, -0.1) is 0 Å². The van der Waals surface area contributed by atoms with E-state index in [1.54, 1.807) is 31.2 Å². The summed E-state index contributed by atoms with van der Waals surface area (Å²) in [6, 6.07) is 6.52. The molecule has 2 rings (SSSR count). The lowest BCUT2D eigenvalue weighted by Gasteiger charge is -2.18. The molecule has 0 saturated carbocycles. The van der Waals surface area contributed by atoms with Crippen LogP contribution < -0.4 is 10.6 Å². The Balaban J connectivity index is 1.88. The highest BCUT2D eigenvalue weighted by Crippen LogP contribution is 2.15. The highest BCUT2D eigenvalue weighted by atomic mass is 32.2. The number of carbonyl (C=O) groups excluding carboxylic acids is 4. The molecule has 3 amide bonds. The zero-order chi connectivity index (χ0) is 17.7. The van der Waals surface area contributed by atoms with Gasteiger partial charge in [0.2, 0.25) is 11.8 Å². The summed E-state index contributed by atoms with van der Waals surface area (Å²) >= 11 is 0.984. The van der Waals surface area contributed by atoms with Gasteiger partial charge in [0.25, 0.3) is 5.91 Å². The van der Waals surface area contributed by atoms with E-state index in [4.69, 9.17) is 0 Å². The lowest BCUT2D eigenvalue weighted by molar-refractivity contribution is -0.133. The number of amidine groups is 1. The van der Waals surface area contributed by atoms with Crippen LogP contribution in [0.15, 0.2) is 29.3 Å². The number of benzene rings is 1. The molecule has 7 nitrogen and oxygen atoms in total. The minimum Gasteiger partial charge on any atom is -0.325 e. The Morgan fingerprint density at radius 3 is 2.46 bits per heavy atom. The molecule has 1 heterocycles. The highest BCUT2D eigenvalue weighted by molar-refractivity contribution is 8.14. The first-order valence-corrected chi connectivity index (χ1v) is 8.36. The van der Waals surface area contributed by atoms with Crippen molar-refractivity contribution in [2.45, 2.75) is 20.3 Å². The summed E-state index contributed by atoms with van der Waals surface area (Å²) in [6.07, 6.45) is 0.392. The number of anilines is 1. The Morgan fingerprint density at radius 1 is 1.25 bits per heavy atom. The van der Waals surface area contributed by atoms with Crippen molar-refractivity contribution in [3.05, 3.63) is 29.8 Å². The number of Topliss-reactive ketones (excluding diaryl/α,β-unsaturated/α-hetero) is 1. The first kappa shape index (κ1) is 17.9. The Labute approximate surface area is 143 Å². The maximum atomic E-state index is 11.9. The van der Waals surface area contributed by atoms with Crippen LogP contribution in [-0.2, 0) is 14.4 Å². The maximum absolute atomic E-state index is 11.9. The third kappa shape index (κ3) is 4.51. The molecule has 0 spiro atoms. The average molecular weight is 347 g/mol. The molecular weight excluding hydrogens is 330 g/mol. The first-order chi connectivity index (χ1) is 11.4. The minimum absolute atomic E-state index is 0.00234. The van der Waals surface area contributed by atoms with Gasteiger partial charge in [0.15, 0.2) is 11.0 Å². The van der Waals surface area contributed by atoms with E-state index < -0.39 is 11.8 Å². The van der Waals surface area contributed by atoms with Gasteiger partial charge in [0.05, 0.1) is 5.75 Å². The Kier molecular flexibility index (Phi) is 5.86. The number of thioether (sulfide) groups is 1. The molecule has 0 radical (unpaired) electrons. The molecule has 1 aromatic carbocycles. The van der Waals surface area contributed by atoms with E-state index >= 15 is 0 Å². The molecule has 0 aliphatic carbocycles. The van der Waals surface area contributed by atoms with Crippen molar-refractivity contribution < 1.29 is 19.2 Å². The van der Waals surface area contributed by atoms with Crippen molar-refractivity contribution >= 4 is 46.1 Å². The molecule has 2 N–H and O–H groups in total. The van der Waals surface area contributed by atoms with E-state index in [2.05, 4.69) is 15.6 Å². The minimum atomic E-state index is -0.747. The first-order valence-electron chi connectivity index (χ1n) is 7.37. The molecule has 1 aromatic rings. The molecule has 0 bridgehead atoms. The number of nitrogens with one attached hydrogen (secondary N) is 2. The number of aliphatic imine (C=N–C) groups is 1. The van der Waals surface area contributed by atoms with Gasteiger partial charge in [0, 0.05) is 11.3 Å². The van der Waals surface area contributed by atoms with Crippen LogP contribution in [-0.4, -0.2) is 34.4 Å². The Morgan fingerprint density at radius 2 is 1.92 bits per heavy atom. The summed E-state index contributed by atoms with van der Waals surface area (Å²) in [7, 11) is 0. The maximum Gasteiger partial charge on any atom is 0.260 e. The fourth-order valence-corrected chi connectivity index (χ4v) is 2.73. The lowest BCUT2D eigenvalue weighted by Crippen LogP contribution is -2.42. The van der Waals surface area contributed by atoms with Crippen LogP contribution in [0.1, 0.15) is 30.6 Å². The summed E-state index contributed by atoms with van der Waals surface area (Å²) in [5.41, 5.74) is 1.12. The zero-order valence-electron chi connectivity index (χ0n) is 13.3. The number of nitrogens with zero attached hydrogens (tertiary/aromatic N) is 1. The third-order valence-corrected chi connectivity index (χ3v) is 4.25. The summed E-state index contributed by atoms with van der Waals surface area (Å²) in [5.74, 6) is -1.98. The van der Waals surface area contributed by atoms with Crippen LogP contribution in [0.25, 0.3) is 0 Å². The monoisotopic (exact) mass is 347 g/mol. The van der Waals surface area contributed by atoms with E-state index in [0.717, 1.165) is 11.8 Å². The molecule has 0 fully saturated rings.